The van der Waals surface area contributed by atoms with Gasteiger partial charge in [0.05, 0.1) is 10.7 Å². The second-order valence-electron chi connectivity index (χ2n) is 6.12. The average Bonchev–Trinajstić information content (AvgIpc) is 3.21. The van der Waals surface area contributed by atoms with Gasteiger partial charge in [-0.1, -0.05) is 32.6 Å². The molecule has 0 radical (unpaired) electrons. The Labute approximate surface area is 121 Å². The highest BCUT2D eigenvalue weighted by atomic mass is 32.1. The van der Waals surface area contributed by atoms with E-state index in [1.165, 1.54) is 66.9 Å². The minimum absolute atomic E-state index is 0.757. The molecular formula is C16H26N2S. The monoisotopic (exact) mass is 278 g/mol. The molecule has 0 aliphatic heterocycles. The lowest BCUT2D eigenvalue weighted by Gasteiger charge is -2.09. The van der Waals surface area contributed by atoms with Crippen LogP contribution in [0.1, 0.15) is 79.8 Å². The lowest BCUT2D eigenvalue weighted by atomic mass is 10.0. The summed E-state index contributed by atoms with van der Waals surface area (Å²) < 4.78 is 0. The van der Waals surface area contributed by atoms with Crippen LogP contribution in [0.2, 0.25) is 0 Å². The van der Waals surface area contributed by atoms with Gasteiger partial charge in [-0.15, -0.1) is 11.3 Å². The van der Waals surface area contributed by atoms with Crippen molar-refractivity contribution in [2.45, 2.75) is 83.2 Å². The summed E-state index contributed by atoms with van der Waals surface area (Å²) in [4.78, 5) is 6.48. The van der Waals surface area contributed by atoms with E-state index in [0.29, 0.717) is 0 Å². The smallest absolute Gasteiger partial charge is 0.0962 e. The number of nitrogens with one attached hydrogen (secondary N) is 1. The quantitative estimate of drug-likeness (QED) is 0.808. The van der Waals surface area contributed by atoms with Crippen LogP contribution >= 0.6 is 11.3 Å². The molecule has 1 N–H and O–H groups in total. The third kappa shape index (κ3) is 3.57. The van der Waals surface area contributed by atoms with Crippen LogP contribution in [-0.4, -0.2) is 11.0 Å². The first-order valence-corrected chi connectivity index (χ1v) is 8.90. The molecule has 0 amide bonds. The van der Waals surface area contributed by atoms with Crippen LogP contribution in [-0.2, 0) is 13.0 Å². The van der Waals surface area contributed by atoms with Crippen molar-refractivity contribution in [3.05, 3.63) is 15.6 Å². The number of hydrogen-bond donors (Lipinski definition) is 1. The standard InChI is InChI=1S/C16H26N2S/c1-2-14-15(11-17-13-9-10-13)19-16(18-14)12-7-5-3-4-6-8-12/h12-13,17H,2-11H2,1H3. The molecule has 0 saturated heterocycles. The zero-order chi connectivity index (χ0) is 13.1. The van der Waals surface area contributed by atoms with Gasteiger partial charge < -0.3 is 5.32 Å². The first-order valence-electron chi connectivity index (χ1n) is 8.08. The predicted octanol–water partition coefficient (Wildman–Crippen LogP) is 4.40. The molecule has 106 valence electrons. The Morgan fingerprint density at radius 2 is 1.84 bits per heavy atom. The molecule has 2 nitrogen and oxygen atoms in total. The maximum Gasteiger partial charge on any atom is 0.0962 e. The Morgan fingerprint density at radius 1 is 1.11 bits per heavy atom. The average molecular weight is 278 g/mol. The Morgan fingerprint density at radius 3 is 2.47 bits per heavy atom. The maximum atomic E-state index is 4.97. The number of aromatic nitrogens is 1. The first kappa shape index (κ1) is 13.6. The number of hydrogen-bond acceptors (Lipinski definition) is 3. The van der Waals surface area contributed by atoms with E-state index in [1.807, 2.05) is 11.3 Å². The van der Waals surface area contributed by atoms with Gasteiger partial charge in [-0.2, -0.15) is 0 Å². The van der Waals surface area contributed by atoms with Crippen molar-refractivity contribution in [2.24, 2.45) is 0 Å². The van der Waals surface area contributed by atoms with Crippen LogP contribution in [0.25, 0.3) is 0 Å². The van der Waals surface area contributed by atoms with Gasteiger partial charge in [-0.3, -0.25) is 0 Å². The summed E-state index contributed by atoms with van der Waals surface area (Å²) in [5.41, 5.74) is 1.36. The molecule has 1 aromatic heterocycles. The fourth-order valence-corrected chi connectivity index (χ4v) is 4.32. The van der Waals surface area contributed by atoms with E-state index >= 15 is 0 Å². The molecule has 2 fully saturated rings. The summed E-state index contributed by atoms with van der Waals surface area (Å²) >= 11 is 2.00. The maximum absolute atomic E-state index is 4.97. The molecule has 19 heavy (non-hydrogen) atoms. The highest BCUT2D eigenvalue weighted by molar-refractivity contribution is 7.11. The zero-order valence-corrected chi connectivity index (χ0v) is 12.9. The van der Waals surface area contributed by atoms with Gasteiger partial charge >= 0.3 is 0 Å². The van der Waals surface area contributed by atoms with Crippen LogP contribution in [0, 0.1) is 0 Å². The summed E-state index contributed by atoms with van der Waals surface area (Å²) in [6, 6.07) is 0.799. The molecule has 0 unspecified atom stereocenters. The van der Waals surface area contributed by atoms with Crippen LogP contribution < -0.4 is 5.32 Å². The molecule has 1 heterocycles. The Kier molecular flexibility index (Phi) is 4.54. The van der Waals surface area contributed by atoms with E-state index in [9.17, 15) is 0 Å². The molecule has 0 atom stereocenters. The number of nitrogens with zero attached hydrogens (tertiary/aromatic N) is 1. The van der Waals surface area contributed by atoms with E-state index in [1.54, 1.807) is 0 Å². The number of aryl methyl sites for hydroxylation is 1. The molecule has 3 rings (SSSR count). The van der Waals surface area contributed by atoms with Gasteiger partial charge in [0, 0.05) is 23.4 Å². The van der Waals surface area contributed by atoms with Gasteiger partial charge in [0.25, 0.3) is 0 Å². The van der Waals surface area contributed by atoms with Gasteiger partial charge in [-0.25, -0.2) is 4.98 Å². The SMILES string of the molecule is CCc1nc(C2CCCCCC2)sc1CNC1CC1. The molecule has 1 aromatic rings. The first-order chi connectivity index (χ1) is 9.36. The molecule has 2 saturated carbocycles. The topological polar surface area (TPSA) is 24.9 Å². The Bertz CT molecular complexity index is 401. The molecule has 0 aromatic carbocycles. The number of rotatable bonds is 5. The van der Waals surface area contributed by atoms with Gasteiger partial charge in [0.15, 0.2) is 0 Å². The van der Waals surface area contributed by atoms with E-state index in [4.69, 9.17) is 4.98 Å². The summed E-state index contributed by atoms with van der Waals surface area (Å²) in [5, 5.41) is 5.08. The normalized spacial score (nSPS) is 21.5. The van der Waals surface area contributed by atoms with Crippen LogP contribution in [0.4, 0.5) is 0 Å². The minimum atomic E-state index is 0.757. The van der Waals surface area contributed by atoms with E-state index in [0.717, 1.165) is 24.9 Å². The Hall–Kier alpha value is -0.410. The van der Waals surface area contributed by atoms with E-state index in [2.05, 4.69) is 12.2 Å². The Balaban J connectivity index is 1.69. The van der Waals surface area contributed by atoms with Crippen molar-refractivity contribution in [2.75, 3.05) is 0 Å². The van der Waals surface area contributed by atoms with Gasteiger partial charge in [0.2, 0.25) is 0 Å². The predicted molar refractivity (Wildman–Crippen MR) is 81.8 cm³/mol. The summed E-state index contributed by atoms with van der Waals surface area (Å²) in [6.45, 7) is 3.30. The lowest BCUT2D eigenvalue weighted by Crippen LogP contribution is -2.15. The van der Waals surface area contributed by atoms with Crippen LogP contribution in [0.15, 0.2) is 0 Å². The minimum Gasteiger partial charge on any atom is -0.309 e. The second-order valence-corrected chi connectivity index (χ2v) is 7.23. The summed E-state index contributed by atoms with van der Waals surface area (Å²) in [7, 11) is 0. The molecule has 3 heteroatoms. The molecule has 0 bridgehead atoms. The van der Waals surface area contributed by atoms with Crippen molar-refractivity contribution in [1.29, 1.82) is 0 Å². The lowest BCUT2D eigenvalue weighted by molar-refractivity contribution is 0.587. The highest BCUT2D eigenvalue weighted by Gasteiger charge is 2.23. The molecule has 0 spiro atoms. The molecular weight excluding hydrogens is 252 g/mol. The second kappa shape index (κ2) is 6.36. The third-order valence-electron chi connectivity index (χ3n) is 4.46. The highest BCUT2D eigenvalue weighted by Crippen LogP contribution is 2.35. The van der Waals surface area contributed by atoms with Gasteiger partial charge in [0.1, 0.15) is 0 Å². The van der Waals surface area contributed by atoms with Gasteiger partial charge in [-0.05, 0) is 32.1 Å². The van der Waals surface area contributed by atoms with Crippen molar-refractivity contribution in [3.63, 3.8) is 0 Å². The summed E-state index contributed by atoms with van der Waals surface area (Å²) in [6.07, 6.45) is 12.2. The molecule has 2 aliphatic rings. The third-order valence-corrected chi connectivity index (χ3v) is 5.72. The molecule has 2 aliphatic carbocycles. The van der Waals surface area contributed by atoms with Crippen LogP contribution in [0.3, 0.4) is 0 Å². The van der Waals surface area contributed by atoms with E-state index < -0.39 is 0 Å². The van der Waals surface area contributed by atoms with Crippen molar-refractivity contribution >= 4 is 11.3 Å². The fourth-order valence-electron chi connectivity index (χ4n) is 3.04. The van der Waals surface area contributed by atoms with Crippen molar-refractivity contribution < 1.29 is 0 Å². The fraction of sp³-hybridized carbons (Fsp3) is 0.812. The van der Waals surface area contributed by atoms with Crippen molar-refractivity contribution in [3.8, 4) is 0 Å². The van der Waals surface area contributed by atoms with E-state index in [-0.39, 0.29) is 0 Å². The van der Waals surface area contributed by atoms with Crippen LogP contribution in [0.5, 0.6) is 0 Å². The summed E-state index contributed by atoms with van der Waals surface area (Å²) in [5.74, 6) is 0.757. The van der Waals surface area contributed by atoms with Crippen molar-refractivity contribution in [1.82, 2.24) is 10.3 Å². The largest absolute Gasteiger partial charge is 0.309 e. The number of thiazole rings is 1. The zero-order valence-electron chi connectivity index (χ0n) is 12.1.